The van der Waals surface area contributed by atoms with Gasteiger partial charge in [0, 0.05) is 36.3 Å². The number of nitrogens with one attached hydrogen (secondary N) is 1. The number of hydrogen-bond donors (Lipinski definition) is 1. The van der Waals surface area contributed by atoms with E-state index in [4.69, 9.17) is 11.6 Å². The van der Waals surface area contributed by atoms with Crippen LogP contribution in [0.4, 0.5) is 5.69 Å². The zero-order chi connectivity index (χ0) is 15.3. The molecule has 0 spiro atoms. The molecule has 0 aliphatic carbocycles. The molecule has 20 heavy (non-hydrogen) atoms. The maximum atomic E-state index is 10.8. The van der Waals surface area contributed by atoms with E-state index >= 15 is 0 Å². The first-order valence-electron chi connectivity index (χ1n) is 6.63. The largest absolute Gasteiger partial charge is 0.311 e. The fourth-order valence-electron chi connectivity index (χ4n) is 2.18. The molecule has 5 nitrogen and oxygen atoms in total. The smallest absolute Gasteiger partial charge is 0.269 e. The number of non-ortho nitro benzene ring substituents is 1. The highest BCUT2D eigenvalue weighted by Crippen LogP contribution is 2.21. The van der Waals surface area contributed by atoms with E-state index in [1.165, 1.54) is 12.1 Å². The molecule has 0 aromatic heterocycles. The van der Waals surface area contributed by atoms with Crippen LogP contribution >= 0.6 is 11.6 Å². The van der Waals surface area contributed by atoms with Crippen molar-refractivity contribution in [1.29, 1.82) is 0 Å². The highest BCUT2D eigenvalue weighted by atomic mass is 35.5. The number of rotatable bonds is 7. The van der Waals surface area contributed by atoms with Crippen molar-refractivity contribution in [3.05, 3.63) is 38.9 Å². The lowest BCUT2D eigenvalue weighted by Crippen LogP contribution is -2.41. The van der Waals surface area contributed by atoms with E-state index in [0.29, 0.717) is 23.5 Å². The van der Waals surface area contributed by atoms with Crippen LogP contribution in [0.25, 0.3) is 0 Å². The van der Waals surface area contributed by atoms with E-state index < -0.39 is 4.92 Å². The number of benzene rings is 1. The topological polar surface area (TPSA) is 58.4 Å². The van der Waals surface area contributed by atoms with Gasteiger partial charge in [-0.05, 0) is 31.6 Å². The number of nitro benzene ring substituents is 1. The van der Waals surface area contributed by atoms with Gasteiger partial charge in [-0.3, -0.25) is 10.1 Å². The van der Waals surface area contributed by atoms with Crippen molar-refractivity contribution in [2.75, 3.05) is 20.6 Å². The summed E-state index contributed by atoms with van der Waals surface area (Å²) in [5.74, 6) is 0.526. The third-order valence-corrected chi connectivity index (χ3v) is 3.71. The molecular formula is C14H22ClN3O2. The standard InChI is InChI=1S/C14H22ClN3O2/c1-10(2)14(17(3)4)9-16-8-11-7-12(18(19)20)5-6-13(11)15/h5-7,10,14,16H,8-9H2,1-4H3. The lowest BCUT2D eigenvalue weighted by Gasteiger charge is -2.28. The van der Waals surface area contributed by atoms with E-state index in [1.807, 2.05) is 14.1 Å². The summed E-state index contributed by atoms with van der Waals surface area (Å²) >= 11 is 6.07. The zero-order valence-electron chi connectivity index (χ0n) is 12.4. The highest BCUT2D eigenvalue weighted by Gasteiger charge is 2.15. The molecule has 112 valence electrons. The quantitative estimate of drug-likeness (QED) is 0.621. The van der Waals surface area contributed by atoms with E-state index in [-0.39, 0.29) is 5.69 Å². The van der Waals surface area contributed by atoms with Crippen LogP contribution < -0.4 is 5.32 Å². The van der Waals surface area contributed by atoms with E-state index in [0.717, 1.165) is 12.1 Å². The molecule has 0 saturated carbocycles. The van der Waals surface area contributed by atoms with Gasteiger partial charge in [0.05, 0.1) is 4.92 Å². The lowest BCUT2D eigenvalue weighted by atomic mass is 10.0. The van der Waals surface area contributed by atoms with Crippen LogP contribution in [0.5, 0.6) is 0 Å². The number of nitrogens with zero attached hydrogens (tertiary/aromatic N) is 2. The predicted molar refractivity (Wildman–Crippen MR) is 82.1 cm³/mol. The Morgan fingerprint density at radius 1 is 1.40 bits per heavy atom. The van der Waals surface area contributed by atoms with Gasteiger partial charge in [0.2, 0.25) is 0 Å². The van der Waals surface area contributed by atoms with Crippen molar-refractivity contribution in [1.82, 2.24) is 10.2 Å². The van der Waals surface area contributed by atoms with Crippen molar-refractivity contribution < 1.29 is 4.92 Å². The van der Waals surface area contributed by atoms with Crippen LogP contribution in [0.2, 0.25) is 5.02 Å². The number of nitro groups is 1. The minimum atomic E-state index is -0.406. The third kappa shape index (κ3) is 4.74. The second-order valence-electron chi connectivity index (χ2n) is 5.44. The first-order valence-corrected chi connectivity index (χ1v) is 7.00. The number of likely N-dealkylation sites (N-methyl/N-ethyl adjacent to an activating group) is 1. The molecule has 0 aliphatic rings. The highest BCUT2D eigenvalue weighted by molar-refractivity contribution is 6.31. The molecule has 1 rings (SSSR count). The summed E-state index contributed by atoms with van der Waals surface area (Å²) in [6.45, 7) is 5.68. The van der Waals surface area contributed by atoms with Crippen LogP contribution in [0.15, 0.2) is 18.2 Å². The summed E-state index contributed by atoms with van der Waals surface area (Å²) in [7, 11) is 4.10. The van der Waals surface area contributed by atoms with Crippen LogP contribution in [-0.2, 0) is 6.54 Å². The van der Waals surface area contributed by atoms with Crippen molar-refractivity contribution in [3.63, 3.8) is 0 Å². The number of halogens is 1. The van der Waals surface area contributed by atoms with Gasteiger partial charge in [-0.1, -0.05) is 25.4 Å². The summed E-state index contributed by atoms with van der Waals surface area (Å²) in [5, 5.41) is 14.6. The predicted octanol–water partition coefficient (Wildman–Crippen LogP) is 2.92. The van der Waals surface area contributed by atoms with Gasteiger partial charge in [0.15, 0.2) is 0 Å². The maximum absolute atomic E-state index is 10.8. The average molecular weight is 300 g/mol. The first-order chi connectivity index (χ1) is 9.32. The molecule has 6 heteroatoms. The Bertz CT molecular complexity index is 456. The van der Waals surface area contributed by atoms with Gasteiger partial charge >= 0.3 is 0 Å². The molecule has 0 amide bonds. The Labute approximate surface area is 125 Å². The van der Waals surface area contributed by atoms with Crippen molar-refractivity contribution >= 4 is 17.3 Å². The minimum Gasteiger partial charge on any atom is -0.311 e. The molecule has 0 fully saturated rings. The molecular weight excluding hydrogens is 278 g/mol. The second kappa shape index (κ2) is 7.57. The summed E-state index contributed by atoms with van der Waals surface area (Å²) < 4.78 is 0. The maximum Gasteiger partial charge on any atom is 0.269 e. The molecule has 1 atom stereocenters. The van der Waals surface area contributed by atoms with Gasteiger partial charge in [-0.15, -0.1) is 0 Å². The van der Waals surface area contributed by atoms with Gasteiger partial charge in [0.1, 0.15) is 0 Å². The molecule has 0 saturated heterocycles. The Hall–Kier alpha value is -1.17. The third-order valence-electron chi connectivity index (χ3n) is 3.34. The van der Waals surface area contributed by atoms with Crippen molar-refractivity contribution in [3.8, 4) is 0 Å². The van der Waals surface area contributed by atoms with Gasteiger partial charge < -0.3 is 10.2 Å². The normalized spacial score (nSPS) is 12.9. The minimum absolute atomic E-state index is 0.0687. The molecule has 1 aromatic rings. The average Bonchev–Trinajstić information content (AvgIpc) is 2.35. The van der Waals surface area contributed by atoms with Crippen molar-refractivity contribution in [2.24, 2.45) is 5.92 Å². The monoisotopic (exact) mass is 299 g/mol. The molecule has 0 bridgehead atoms. The summed E-state index contributed by atoms with van der Waals surface area (Å²) in [4.78, 5) is 12.5. The van der Waals surface area contributed by atoms with Crippen molar-refractivity contribution in [2.45, 2.75) is 26.4 Å². The zero-order valence-corrected chi connectivity index (χ0v) is 13.1. The second-order valence-corrected chi connectivity index (χ2v) is 5.85. The van der Waals surface area contributed by atoms with Crippen LogP contribution in [-0.4, -0.2) is 36.5 Å². The molecule has 0 heterocycles. The molecule has 0 aliphatic heterocycles. The molecule has 0 radical (unpaired) electrons. The van der Waals surface area contributed by atoms with Gasteiger partial charge in [-0.25, -0.2) is 0 Å². The van der Waals surface area contributed by atoms with Crippen LogP contribution in [0.3, 0.4) is 0 Å². The Morgan fingerprint density at radius 3 is 2.55 bits per heavy atom. The van der Waals surface area contributed by atoms with Crippen LogP contribution in [0.1, 0.15) is 19.4 Å². The fourth-order valence-corrected chi connectivity index (χ4v) is 2.36. The lowest BCUT2D eigenvalue weighted by molar-refractivity contribution is -0.384. The Balaban J connectivity index is 2.65. The molecule has 1 N–H and O–H groups in total. The summed E-state index contributed by atoms with van der Waals surface area (Å²) in [5.41, 5.74) is 0.821. The van der Waals surface area contributed by atoms with E-state index in [1.54, 1.807) is 6.07 Å². The Morgan fingerprint density at radius 2 is 2.05 bits per heavy atom. The summed E-state index contributed by atoms with van der Waals surface area (Å²) in [6.07, 6.45) is 0. The molecule has 1 unspecified atom stereocenters. The van der Waals surface area contributed by atoms with E-state index in [2.05, 4.69) is 24.1 Å². The fraction of sp³-hybridized carbons (Fsp3) is 0.571. The number of hydrogen-bond acceptors (Lipinski definition) is 4. The van der Waals surface area contributed by atoms with Gasteiger partial charge in [-0.2, -0.15) is 0 Å². The van der Waals surface area contributed by atoms with Crippen LogP contribution in [0, 0.1) is 16.0 Å². The van der Waals surface area contributed by atoms with Gasteiger partial charge in [0.25, 0.3) is 5.69 Å². The molecule has 1 aromatic carbocycles. The summed E-state index contributed by atoms with van der Waals surface area (Å²) in [6, 6.07) is 4.92. The Kier molecular flexibility index (Phi) is 6.39. The first kappa shape index (κ1) is 16.9. The van der Waals surface area contributed by atoms with E-state index in [9.17, 15) is 10.1 Å². The SMILES string of the molecule is CC(C)C(CNCc1cc([N+](=O)[O-])ccc1Cl)N(C)C.